The van der Waals surface area contributed by atoms with Crippen LogP contribution in [-0.4, -0.2) is 21.0 Å². The number of nitrogens with two attached hydrogens (primary N) is 1. The summed E-state index contributed by atoms with van der Waals surface area (Å²) in [6, 6.07) is 2.26. The van der Waals surface area contributed by atoms with Gasteiger partial charge in [0, 0.05) is 17.1 Å². The molecule has 114 valence electrons. The van der Waals surface area contributed by atoms with Crippen LogP contribution in [0.5, 0.6) is 0 Å². The SMILES string of the molecule is CC(N)CCNS(=O)(=O)c1cc(C(F)(F)F)ccc1Br. The van der Waals surface area contributed by atoms with Gasteiger partial charge in [0.05, 0.1) is 10.5 Å². The van der Waals surface area contributed by atoms with E-state index in [9.17, 15) is 21.6 Å². The van der Waals surface area contributed by atoms with Gasteiger partial charge in [0.25, 0.3) is 0 Å². The standard InChI is InChI=1S/C11H14BrF3N2O2S/c1-7(16)4-5-17-20(18,19)10-6-8(11(13,14)15)2-3-9(10)12/h2-3,6-7,17H,4-5,16H2,1H3. The van der Waals surface area contributed by atoms with E-state index < -0.39 is 26.7 Å². The molecule has 1 atom stereocenters. The summed E-state index contributed by atoms with van der Waals surface area (Å²) in [5.74, 6) is 0. The monoisotopic (exact) mass is 374 g/mol. The van der Waals surface area contributed by atoms with Crippen molar-refractivity contribution < 1.29 is 21.6 Å². The van der Waals surface area contributed by atoms with Crippen LogP contribution in [0.25, 0.3) is 0 Å². The molecule has 0 fully saturated rings. The highest BCUT2D eigenvalue weighted by atomic mass is 79.9. The molecule has 4 nitrogen and oxygen atoms in total. The minimum absolute atomic E-state index is 0.0582. The smallest absolute Gasteiger partial charge is 0.328 e. The van der Waals surface area contributed by atoms with E-state index in [1.165, 1.54) is 0 Å². The third kappa shape index (κ3) is 4.72. The Hall–Kier alpha value is -0.640. The Morgan fingerprint density at radius 2 is 2.00 bits per heavy atom. The molecule has 1 unspecified atom stereocenters. The van der Waals surface area contributed by atoms with Crippen molar-refractivity contribution in [1.82, 2.24) is 4.72 Å². The fourth-order valence-electron chi connectivity index (χ4n) is 1.38. The van der Waals surface area contributed by atoms with Gasteiger partial charge in [0.15, 0.2) is 0 Å². The van der Waals surface area contributed by atoms with Crippen LogP contribution in [0, 0.1) is 0 Å². The number of hydrogen-bond donors (Lipinski definition) is 2. The normalized spacial score (nSPS) is 14.3. The minimum Gasteiger partial charge on any atom is -0.328 e. The van der Waals surface area contributed by atoms with Crippen LogP contribution in [-0.2, 0) is 16.2 Å². The number of rotatable bonds is 5. The van der Waals surface area contributed by atoms with Crippen molar-refractivity contribution in [3.63, 3.8) is 0 Å². The lowest BCUT2D eigenvalue weighted by molar-refractivity contribution is -0.137. The lowest BCUT2D eigenvalue weighted by atomic mass is 10.2. The zero-order chi connectivity index (χ0) is 15.6. The first-order valence-corrected chi connectivity index (χ1v) is 7.93. The molecule has 1 aromatic carbocycles. The second kappa shape index (κ2) is 6.42. The Labute approximate surface area is 123 Å². The third-order valence-corrected chi connectivity index (χ3v) is 4.89. The largest absolute Gasteiger partial charge is 0.416 e. The summed E-state index contributed by atoms with van der Waals surface area (Å²) in [4.78, 5) is -0.447. The van der Waals surface area contributed by atoms with E-state index in [2.05, 4.69) is 20.7 Å². The zero-order valence-electron chi connectivity index (χ0n) is 10.5. The molecular weight excluding hydrogens is 361 g/mol. The van der Waals surface area contributed by atoms with Gasteiger partial charge in [-0.15, -0.1) is 0 Å². The third-order valence-electron chi connectivity index (χ3n) is 2.44. The molecule has 0 aliphatic heterocycles. The first-order chi connectivity index (χ1) is 9.04. The van der Waals surface area contributed by atoms with Crippen molar-refractivity contribution in [2.24, 2.45) is 5.73 Å². The van der Waals surface area contributed by atoms with Gasteiger partial charge in [-0.25, -0.2) is 13.1 Å². The maximum Gasteiger partial charge on any atom is 0.416 e. The number of nitrogens with one attached hydrogen (secondary N) is 1. The average Bonchev–Trinajstić information content (AvgIpc) is 2.26. The molecule has 0 spiro atoms. The Balaban J connectivity index is 3.05. The minimum atomic E-state index is -4.60. The molecule has 0 amide bonds. The van der Waals surface area contributed by atoms with E-state index in [-0.39, 0.29) is 17.1 Å². The number of hydrogen-bond acceptors (Lipinski definition) is 3. The topological polar surface area (TPSA) is 72.2 Å². The van der Waals surface area contributed by atoms with Crippen LogP contribution in [0.3, 0.4) is 0 Å². The summed E-state index contributed by atoms with van der Waals surface area (Å²) >= 11 is 2.94. The second-order valence-corrected chi connectivity index (χ2v) is 6.90. The summed E-state index contributed by atoms with van der Waals surface area (Å²) in [5, 5.41) is 0. The Morgan fingerprint density at radius 1 is 1.40 bits per heavy atom. The highest BCUT2D eigenvalue weighted by Gasteiger charge is 2.32. The van der Waals surface area contributed by atoms with E-state index in [1.807, 2.05) is 0 Å². The van der Waals surface area contributed by atoms with E-state index in [0.29, 0.717) is 12.5 Å². The Kier molecular flexibility index (Phi) is 5.59. The first-order valence-electron chi connectivity index (χ1n) is 5.66. The van der Waals surface area contributed by atoms with Gasteiger partial charge in [0.1, 0.15) is 0 Å². The molecule has 0 saturated carbocycles. The molecule has 0 bridgehead atoms. The fourth-order valence-corrected chi connectivity index (χ4v) is 3.42. The van der Waals surface area contributed by atoms with Crippen LogP contribution in [0.4, 0.5) is 13.2 Å². The summed E-state index contributed by atoms with van der Waals surface area (Å²) in [6.07, 6.45) is -4.22. The number of halogens is 4. The van der Waals surface area contributed by atoms with Crippen molar-refractivity contribution in [2.75, 3.05) is 6.54 Å². The van der Waals surface area contributed by atoms with Gasteiger partial charge in [0.2, 0.25) is 10.0 Å². The highest BCUT2D eigenvalue weighted by molar-refractivity contribution is 9.10. The molecule has 0 aromatic heterocycles. The number of benzene rings is 1. The summed E-state index contributed by atoms with van der Waals surface area (Å²) in [6.45, 7) is 1.76. The van der Waals surface area contributed by atoms with Gasteiger partial charge in [-0.1, -0.05) is 0 Å². The van der Waals surface area contributed by atoms with Crippen molar-refractivity contribution >= 4 is 26.0 Å². The molecule has 0 radical (unpaired) electrons. The second-order valence-electron chi connectivity index (χ2n) is 4.31. The van der Waals surface area contributed by atoms with Crippen molar-refractivity contribution in [2.45, 2.75) is 30.5 Å². The lowest BCUT2D eigenvalue weighted by Crippen LogP contribution is -2.29. The molecule has 0 aliphatic carbocycles. The van der Waals surface area contributed by atoms with Gasteiger partial charge >= 0.3 is 6.18 Å². The summed E-state index contributed by atoms with van der Waals surface area (Å²) in [5.41, 5.74) is 4.46. The fraction of sp³-hybridized carbons (Fsp3) is 0.455. The molecule has 0 aliphatic rings. The van der Waals surface area contributed by atoms with Crippen LogP contribution in [0.1, 0.15) is 18.9 Å². The molecule has 20 heavy (non-hydrogen) atoms. The van der Waals surface area contributed by atoms with Gasteiger partial charge in [-0.2, -0.15) is 13.2 Å². The molecular formula is C11H14BrF3N2O2S. The van der Waals surface area contributed by atoms with E-state index in [0.717, 1.165) is 12.1 Å². The summed E-state index contributed by atoms with van der Waals surface area (Å²) in [7, 11) is -4.02. The van der Waals surface area contributed by atoms with Crippen LogP contribution in [0.15, 0.2) is 27.6 Å². The van der Waals surface area contributed by atoms with Gasteiger partial charge in [-0.3, -0.25) is 0 Å². The van der Waals surface area contributed by atoms with Crippen molar-refractivity contribution in [3.8, 4) is 0 Å². The maximum atomic E-state index is 12.6. The average molecular weight is 375 g/mol. The molecule has 3 N–H and O–H groups in total. The van der Waals surface area contributed by atoms with Crippen molar-refractivity contribution in [1.29, 1.82) is 0 Å². The van der Waals surface area contributed by atoms with Gasteiger partial charge < -0.3 is 5.73 Å². The number of alkyl halides is 3. The van der Waals surface area contributed by atoms with Crippen LogP contribution >= 0.6 is 15.9 Å². The Morgan fingerprint density at radius 3 is 2.50 bits per heavy atom. The molecule has 0 heterocycles. The van der Waals surface area contributed by atoms with Crippen LogP contribution in [0.2, 0.25) is 0 Å². The Bertz CT molecular complexity index is 574. The zero-order valence-corrected chi connectivity index (χ0v) is 12.9. The molecule has 1 rings (SSSR count). The van der Waals surface area contributed by atoms with Gasteiger partial charge in [-0.05, 0) is 47.5 Å². The van der Waals surface area contributed by atoms with Crippen molar-refractivity contribution in [3.05, 3.63) is 28.2 Å². The van der Waals surface area contributed by atoms with E-state index >= 15 is 0 Å². The molecule has 9 heteroatoms. The number of sulfonamides is 1. The summed E-state index contributed by atoms with van der Waals surface area (Å²) < 4.78 is 64.0. The van der Waals surface area contributed by atoms with E-state index in [4.69, 9.17) is 5.73 Å². The predicted molar refractivity (Wildman–Crippen MR) is 72.6 cm³/mol. The maximum absolute atomic E-state index is 12.6. The predicted octanol–water partition coefficient (Wildman–Crippen LogP) is 2.48. The molecule has 1 aromatic rings. The first kappa shape index (κ1) is 17.4. The van der Waals surface area contributed by atoms with Crippen LogP contribution < -0.4 is 10.5 Å². The highest BCUT2D eigenvalue weighted by Crippen LogP contribution is 2.33. The molecule has 0 saturated heterocycles. The quantitative estimate of drug-likeness (QED) is 0.831. The van der Waals surface area contributed by atoms with E-state index in [1.54, 1.807) is 6.92 Å². The lowest BCUT2D eigenvalue weighted by Gasteiger charge is -2.12.